The molecule has 0 spiro atoms. The third-order valence-corrected chi connectivity index (χ3v) is 3.96. The van der Waals surface area contributed by atoms with Gasteiger partial charge in [-0.2, -0.15) is 5.10 Å². The smallest absolute Gasteiger partial charge is 0.0828 e. The summed E-state index contributed by atoms with van der Waals surface area (Å²) >= 11 is 0. The van der Waals surface area contributed by atoms with Crippen LogP contribution >= 0.6 is 0 Å². The highest BCUT2D eigenvalue weighted by atomic mass is 15.3. The van der Waals surface area contributed by atoms with Gasteiger partial charge in [-0.3, -0.25) is 4.68 Å². The van der Waals surface area contributed by atoms with Crippen molar-refractivity contribution >= 4 is 16.6 Å². The first-order valence-electron chi connectivity index (χ1n) is 7.42. The van der Waals surface area contributed by atoms with E-state index < -0.39 is 0 Å². The van der Waals surface area contributed by atoms with Crippen molar-refractivity contribution in [2.24, 2.45) is 0 Å². The average molecular weight is 282 g/mol. The fourth-order valence-electron chi connectivity index (χ4n) is 2.91. The van der Waals surface area contributed by atoms with E-state index in [0.717, 1.165) is 17.9 Å². The van der Waals surface area contributed by atoms with Gasteiger partial charge in [-0.25, -0.2) is 0 Å². The molecule has 2 N–H and O–H groups in total. The molecule has 0 aliphatic rings. The maximum Gasteiger partial charge on any atom is 0.0828 e. The summed E-state index contributed by atoms with van der Waals surface area (Å²) in [7, 11) is 0. The Labute approximate surface area is 125 Å². The molecule has 0 aliphatic heterocycles. The Morgan fingerprint density at radius 2 is 2.05 bits per heavy atom. The third-order valence-electron chi connectivity index (χ3n) is 3.96. The van der Waals surface area contributed by atoms with Crippen molar-refractivity contribution in [3.8, 4) is 0 Å². The van der Waals surface area contributed by atoms with Crippen molar-refractivity contribution in [1.82, 2.24) is 14.8 Å². The molecule has 0 radical (unpaired) electrons. The normalized spacial score (nSPS) is 11.5. The molecule has 0 saturated carbocycles. The molecule has 0 bridgehead atoms. The molecule has 3 rings (SSSR count). The lowest BCUT2D eigenvalue weighted by molar-refractivity contribution is 0.516. The largest absolute Gasteiger partial charge is 0.378 e. The topological polar surface area (TPSA) is 45.6 Å². The zero-order valence-electron chi connectivity index (χ0n) is 13.1. The highest BCUT2D eigenvalue weighted by Gasteiger charge is 2.13. The molecule has 0 aliphatic carbocycles. The molecule has 3 aromatic rings. The number of benzene rings is 1. The van der Waals surface area contributed by atoms with E-state index in [0.29, 0.717) is 6.04 Å². The predicted octanol–water partition coefficient (Wildman–Crippen LogP) is 4.17. The summed E-state index contributed by atoms with van der Waals surface area (Å²) in [6.45, 7) is 9.30. The Bertz CT molecular complexity index is 764. The van der Waals surface area contributed by atoms with E-state index in [4.69, 9.17) is 0 Å². The Morgan fingerprint density at radius 3 is 2.76 bits per heavy atom. The van der Waals surface area contributed by atoms with Crippen molar-refractivity contribution in [2.45, 2.75) is 40.3 Å². The summed E-state index contributed by atoms with van der Waals surface area (Å²) < 4.78 is 2.08. The van der Waals surface area contributed by atoms with Gasteiger partial charge in [0.2, 0.25) is 0 Å². The second kappa shape index (κ2) is 5.28. The standard InChI is InChI=1S/C17H22N4/c1-11(2)21-13(4)17(12(3)20-21)19-10-14-6-5-7-16-15(14)8-9-18-16/h5-9,11,18-19H,10H2,1-4H3. The Kier molecular flexibility index (Phi) is 3.45. The minimum atomic E-state index is 0.382. The number of aryl methyl sites for hydroxylation is 1. The molecule has 1 aromatic carbocycles. The van der Waals surface area contributed by atoms with Crippen LogP contribution in [0, 0.1) is 13.8 Å². The lowest BCUT2D eigenvalue weighted by atomic mass is 10.1. The molecule has 0 amide bonds. The van der Waals surface area contributed by atoms with Crippen LogP contribution < -0.4 is 5.32 Å². The van der Waals surface area contributed by atoms with Gasteiger partial charge in [-0.15, -0.1) is 0 Å². The zero-order valence-corrected chi connectivity index (χ0v) is 13.1. The average Bonchev–Trinajstić information content (AvgIpc) is 3.02. The van der Waals surface area contributed by atoms with Crippen molar-refractivity contribution in [3.63, 3.8) is 0 Å². The van der Waals surface area contributed by atoms with Crippen LogP contribution in [0.5, 0.6) is 0 Å². The first-order valence-corrected chi connectivity index (χ1v) is 7.42. The highest BCUT2D eigenvalue weighted by Crippen LogP contribution is 2.24. The van der Waals surface area contributed by atoms with Gasteiger partial charge >= 0.3 is 0 Å². The molecule has 0 fully saturated rings. The summed E-state index contributed by atoms with van der Waals surface area (Å²) in [5.74, 6) is 0. The number of nitrogens with one attached hydrogen (secondary N) is 2. The number of anilines is 1. The molecule has 0 unspecified atom stereocenters. The monoisotopic (exact) mass is 282 g/mol. The fraction of sp³-hybridized carbons (Fsp3) is 0.353. The first-order chi connectivity index (χ1) is 10.1. The molecule has 4 nitrogen and oxygen atoms in total. The van der Waals surface area contributed by atoms with Crippen molar-refractivity contribution in [3.05, 3.63) is 47.4 Å². The van der Waals surface area contributed by atoms with E-state index in [2.05, 4.69) is 72.0 Å². The van der Waals surface area contributed by atoms with Crippen LogP contribution in [0.3, 0.4) is 0 Å². The summed E-state index contributed by atoms with van der Waals surface area (Å²) in [6, 6.07) is 8.87. The van der Waals surface area contributed by atoms with Crippen molar-refractivity contribution in [2.75, 3.05) is 5.32 Å². The van der Waals surface area contributed by atoms with Gasteiger partial charge in [-0.1, -0.05) is 12.1 Å². The summed E-state index contributed by atoms with van der Waals surface area (Å²) in [6.07, 6.45) is 1.99. The number of aromatic nitrogens is 3. The zero-order chi connectivity index (χ0) is 15.0. The molecular formula is C17H22N4. The van der Waals surface area contributed by atoms with Gasteiger partial charge in [0, 0.05) is 29.7 Å². The minimum absolute atomic E-state index is 0.382. The SMILES string of the molecule is Cc1nn(C(C)C)c(C)c1NCc1cccc2[nH]ccc12. The molecule has 0 saturated heterocycles. The van der Waals surface area contributed by atoms with E-state index in [-0.39, 0.29) is 0 Å². The number of hydrogen-bond acceptors (Lipinski definition) is 2. The van der Waals surface area contributed by atoms with Crippen LogP contribution in [0.4, 0.5) is 5.69 Å². The van der Waals surface area contributed by atoms with Crippen LogP contribution in [0.1, 0.15) is 36.8 Å². The molecule has 2 heterocycles. The number of aromatic amines is 1. The number of fused-ring (bicyclic) bond motifs is 1. The number of H-pyrrole nitrogens is 1. The summed E-state index contributed by atoms with van der Waals surface area (Å²) in [4.78, 5) is 3.26. The molecule has 4 heteroatoms. The van der Waals surface area contributed by atoms with Gasteiger partial charge in [0.05, 0.1) is 17.1 Å². The number of nitrogens with zero attached hydrogens (tertiary/aromatic N) is 2. The number of hydrogen-bond donors (Lipinski definition) is 2. The van der Waals surface area contributed by atoms with Crippen LogP contribution in [0.15, 0.2) is 30.5 Å². The maximum absolute atomic E-state index is 4.62. The van der Waals surface area contributed by atoms with E-state index in [1.54, 1.807) is 0 Å². The van der Waals surface area contributed by atoms with Gasteiger partial charge in [0.25, 0.3) is 0 Å². The maximum atomic E-state index is 4.62. The van der Waals surface area contributed by atoms with Crippen molar-refractivity contribution in [1.29, 1.82) is 0 Å². The quantitative estimate of drug-likeness (QED) is 0.754. The summed E-state index contributed by atoms with van der Waals surface area (Å²) in [5, 5.41) is 9.45. The van der Waals surface area contributed by atoms with Crippen LogP contribution in [0.25, 0.3) is 10.9 Å². The molecule has 110 valence electrons. The molecule has 21 heavy (non-hydrogen) atoms. The van der Waals surface area contributed by atoms with Crippen molar-refractivity contribution < 1.29 is 0 Å². The van der Waals surface area contributed by atoms with Gasteiger partial charge < -0.3 is 10.3 Å². The highest BCUT2D eigenvalue weighted by molar-refractivity contribution is 5.83. The second-order valence-electron chi connectivity index (χ2n) is 5.79. The molecule has 2 aromatic heterocycles. The van der Waals surface area contributed by atoms with Crippen LogP contribution in [-0.2, 0) is 6.54 Å². The van der Waals surface area contributed by atoms with E-state index in [1.165, 1.54) is 22.2 Å². The Morgan fingerprint density at radius 1 is 1.24 bits per heavy atom. The first kappa shape index (κ1) is 13.7. The lowest BCUT2D eigenvalue weighted by Crippen LogP contribution is -2.06. The lowest BCUT2D eigenvalue weighted by Gasteiger charge is -2.10. The summed E-state index contributed by atoms with van der Waals surface area (Å²) in [5.41, 5.74) is 5.88. The van der Waals surface area contributed by atoms with Crippen LogP contribution in [-0.4, -0.2) is 14.8 Å². The second-order valence-corrected chi connectivity index (χ2v) is 5.79. The molecule has 0 atom stereocenters. The minimum Gasteiger partial charge on any atom is -0.378 e. The molecular weight excluding hydrogens is 260 g/mol. The van der Waals surface area contributed by atoms with E-state index in [1.807, 2.05) is 6.20 Å². The predicted molar refractivity (Wildman–Crippen MR) is 87.7 cm³/mol. The van der Waals surface area contributed by atoms with Gasteiger partial charge in [0.15, 0.2) is 0 Å². The Hall–Kier alpha value is -2.23. The van der Waals surface area contributed by atoms with Gasteiger partial charge in [0.1, 0.15) is 0 Å². The Balaban J connectivity index is 1.87. The van der Waals surface area contributed by atoms with Crippen LogP contribution in [0.2, 0.25) is 0 Å². The number of rotatable bonds is 4. The van der Waals surface area contributed by atoms with Gasteiger partial charge in [-0.05, 0) is 45.4 Å². The van der Waals surface area contributed by atoms with E-state index >= 15 is 0 Å². The fourth-order valence-corrected chi connectivity index (χ4v) is 2.91. The third kappa shape index (κ3) is 2.42. The van der Waals surface area contributed by atoms with E-state index in [9.17, 15) is 0 Å².